The summed E-state index contributed by atoms with van der Waals surface area (Å²) in [6.45, 7) is 0.411. The lowest BCUT2D eigenvalue weighted by molar-refractivity contribution is 0.0945. The first-order valence-corrected chi connectivity index (χ1v) is 6.89. The van der Waals surface area contributed by atoms with E-state index in [0.29, 0.717) is 12.2 Å². The first-order valence-electron chi connectivity index (χ1n) is 6.89. The van der Waals surface area contributed by atoms with Gasteiger partial charge in [0, 0.05) is 24.5 Å². The molecule has 0 spiro atoms. The number of nitrogens with one attached hydrogen (secondary N) is 1. The molecule has 3 aromatic rings. The van der Waals surface area contributed by atoms with Gasteiger partial charge in [0.1, 0.15) is 0 Å². The molecule has 0 saturated heterocycles. The van der Waals surface area contributed by atoms with Crippen LogP contribution in [0.2, 0.25) is 0 Å². The summed E-state index contributed by atoms with van der Waals surface area (Å²) in [6.07, 6.45) is 3.41. The average molecular weight is 290 g/mol. The Kier molecular flexibility index (Phi) is 4.15. The van der Waals surface area contributed by atoms with Gasteiger partial charge in [0.05, 0.1) is 5.69 Å². The number of nitrogens with zero attached hydrogens (tertiary/aromatic N) is 3. The molecule has 5 nitrogen and oxygen atoms in total. The van der Waals surface area contributed by atoms with Crippen molar-refractivity contribution in [3.05, 3.63) is 78.2 Å². The Balaban J connectivity index is 1.66. The van der Waals surface area contributed by atoms with E-state index in [1.807, 2.05) is 42.5 Å². The van der Waals surface area contributed by atoms with E-state index in [4.69, 9.17) is 0 Å². The van der Waals surface area contributed by atoms with Gasteiger partial charge in [-0.25, -0.2) is 0 Å². The fourth-order valence-corrected chi connectivity index (χ4v) is 1.99. The van der Waals surface area contributed by atoms with Crippen molar-refractivity contribution in [2.75, 3.05) is 0 Å². The molecular weight excluding hydrogens is 276 g/mol. The second-order valence-electron chi connectivity index (χ2n) is 4.71. The Morgan fingerprint density at radius 1 is 0.955 bits per heavy atom. The van der Waals surface area contributed by atoms with Crippen LogP contribution < -0.4 is 5.32 Å². The summed E-state index contributed by atoms with van der Waals surface area (Å²) in [5, 5.41) is 10.9. The number of carbonyl (C=O) groups excluding carboxylic acids is 1. The molecule has 0 fully saturated rings. The summed E-state index contributed by atoms with van der Waals surface area (Å²) in [4.78, 5) is 16.0. The van der Waals surface area contributed by atoms with Crippen LogP contribution in [-0.2, 0) is 6.54 Å². The first kappa shape index (κ1) is 13.9. The molecule has 108 valence electrons. The van der Waals surface area contributed by atoms with Crippen molar-refractivity contribution in [3.63, 3.8) is 0 Å². The van der Waals surface area contributed by atoms with Crippen molar-refractivity contribution in [3.8, 4) is 11.3 Å². The quantitative estimate of drug-likeness (QED) is 0.801. The topological polar surface area (TPSA) is 67.8 Å². The predicted molar refractivity (Wildman–Crippen MR) is 82.9 cm³/mol. The lowest BCUT2D eigenvalue weighted by atomic mass is 10.1. The van der Waals surface area contributed by atoms with Crippen molar-refractivity contribution in [2.24, 2.45) is 0 Å². The summed E-state index contributed by atoms with van der Waals surface area (Å²) < 4.78 is 0. The number of amides is 1. The van der Waals surface area contributed by atoms with E-state index in [1.54, 1.807) is 24.5 Å². The maximum atomic E-state index is 12.0. The van der Waals surface area contributed by atoms with Gasteiger partial charge in [0.2, 0.25) is 0 Å². The normalized spacial score (nSPS) is 10.2. The Labute approximate surface area is 128 Å². The molecule has 1 amide bonds. The Morgan fingerprint density at radius 2 is 1.82 bits per heavy atom. The van der Waals surface area contributed by atoms with Crippen molar-refractivity contribution in [1.29, 1.82) is 0 Å². The number of aromatic nitrogens is 3. The molecule has 2 aromatic heterocycles. The zero-order chi connectivity index (χ0) is 15.2. The van der Waals surface area contributed by atoms with Crippen LogP contribution in [0.1, 0.15) is 16.1 Å². The van der Waals surface area contributed by atoms with Crippen LogP contribution in [0.25, 0.3) is 11.3 Å². The highest BCUT2D eigenvalue weighted by Crippen LogP contribution is 2.14. The van der Waals surface area contributed by atoms with Crippen LogP contribution in [0.4, 0.5) is 0 Å². The largest absolute Gasteiger partial charge is 0.347 e. The average Bonchev–Trinajstić information content (AvgIpc) is 2.61. The van der Waals surface area contributed by atoms with Crippen molar-refractivity contribution in [2.45, 2.75) is 6.54 Å². The Hall–Kier alpha value is -3.08. The number of rotatable bonds is 4. The fourth-order valence-electron chi connectivity index (χ4n) is 1.99. The van der Waals surface area contributed by atoms with Crippen molar-refractivity contribution in [1.82, 2.24) is 20.5 Å². The molecule has 22 heavy (non-hydrogen) atoms. The van der Waals surface area contributed by atoms with Gasteiger partial charge in [-0.1, -0.05) is 36.4 Å². The van der Waals surface area contributed by atoms with E-state index < -0.39 is 0 Å². The van der Waals surface area contributed by atoms with Crippen LogP contribution in [-0.4, -0.2) is 21.1 Å². The summed E-state index contributed by atoms with van der Waals surface area (Å²) in [7, 11) is 0. The molecule has 5 heteroatoms. The first-order chi connectivity index (χ1) is 10.8. The maximum absolute atomic E-state index is 12.0. The number of hydrogen-bond donors (Lipinski definition) is 1. The van der Waals surface area contributed by atoms with Crippen LogP contribution in [0.15, 0.2) is 67.0 Å². The smallest absolute Gasteiger partial charge is 0.272 e. The van der Waals surface area contributed by atoms with Gasteiger partial charge in [0.25, 0.3) is 5.91 Å². The third kappa shape index (κ3) is 3.32. The molecule has 0 unspecified atom stereocenters. The number of carbonyl (C=O) groups is 1. The van der Waals surface area contributed by atoms with Crippen LogP contribution in [0, 0.1) is 0 Å². The fraction of sp³-hybridized carbons (Fsp3) is 0.0588. The SMILES string of the molecule is O=C(NCc1cccnc1)c1ccc(-c2ccccc2)nn1. The molecule has 0 radical (unpaired) electrons. The highest BCUT2D eigenvalue weighted by Gasteiger charge is 2.08. The van der Waals surface area contributed by atoms with Crippen LogP contribution in [0.5, 0.6) is 0 Å². The third-order valence-corrected chi connectivity index (χ3v) is 3.14. The van der Waals surface area contributed by atoms with Gasteiger partial charge in [-0.05, 0) is 23.8 Å². The molecule has 2 heterocycles. The lowest BCUT2D eigenvalue weighted by Gasteiger charge is -2.05. The Morgan fingerprint density at radius 3 is 2.50 bits per heavy atom. The zero-order valence-electron chi connectivity index (χ0n) is 11.8. The van der Waals surface area contributed by atoms with Crippen LogP contribution >= 0.6 is 0 Å². The summed E-state index contributed by atoms with van der Waals surface area (Å²) >= 11 is 0. The van der Waals surface area contributed by atoms with Crippen molar-refractivity contribution < 1.29 is 4.79 Å². The van der Waals surface area contributed by atoms with E-state index in [-0.39, 0.29) is 5.91 Å². The van der Waals surface area contributed by atoms with Gasteiger partial charge < -0.3 is 5.32 Å². The van der Waals surface area contributed by atoms with Crippen LogP contribution in [0.3, 0.4) is 0 Å². The van der Waals surface area contributed by atoms with E-state index in [0.717, 1.165) is 16.8 Å². The van der Waals surface area contributed by atoms with Gasteiger partial charge in [-0.3, -0.25) is 9.78 Å². The standard InChI is InChI=1S/C17H14N4O/c22-17(19-12-13-5-4-10-18-11-13)16-9-8-15(20-21-16)14-6-2-1-3-7-14/h1-11H,12H2,(H,19,22). The second kappa shape index (κ2) is 6.58. The molecule has 3 rings (SSSR count). The highest BCUT2D eigenvalue weighted by molar-refractivity contribution is 5.92. The third-order valence-electron chi connectivity index (χ3n) is 3.14. The molecular formula is C17H14N4O. The van der Waals surface area contributed by atoms with Gasteiger partial charge >= 0.3 is 0 Å². The summed E-state index contributed by atoms with van der Waals surface area (Å²) in [5.41, 5.74) is 2.94. The zero-order valence-corrected chi connectivity index (χ0v) is 11.8. The molecule has 0 aliphatic heterocycles. The second-order valence-corrected chi connectivity index (χ2v) is 4.71. The molecule has 0 aliphatic carbocycles. The number of benzene rings is 1. The van der Waals surface area contributed by atoms with E-state index >= 15 is 0 Å². The molecule has 0 atom stereocenters. The monoisotopic (exact) mass is 290 g/mol. The minimum atomic E-state index is -0.254. The molecule has 0 bridgehead atoms. The van der Waals surface area contributed by atoms with Crippen molar-refractivity contribution >= 4 is 5.91 Å². The van der Waals surface area contributed by atoms with Gasteiger partial charge in [-0.2, -0.15) is 0 Å². The number of hydrogen-bond acceptors (Lipinski definition) is 4. The van der Waals surface area contributed by atoms with Gasteiger partial charge in [-0.15, -0.1) is 10.2 Å². The predicted octanol–water partition coefficient (Wildman–Crippen LogP) is 2.47. The van der Waals surface area contributed by atoms with E-state index in [2.05, 4.69) is 20.5 Å². The number of pyridine rings is 1. The molecule has 0 aliphatic rings. The maximum Gasteiger partial charge on any atom is 0.272 e. The minimum absolute atomic E-state index is 0.254. The lowest BCUT2D eigenvalue weighted by Crippen LogP contribution is -2.24. The Bertz CT molecular complexity index is 743. The molecule has 0 saturated carbocycles. The minimum Gasteiger partial charge on any atom is -0.347 e. The summed E-state index contributed by atoms with van der Waals surface area (Å²) in [5.74, 6) is -0.254. The highest BCUT2D eigenvalue weighted by atomic mass is 16.1. The van der Waals surface area contributed by atoms with Gasteiger partial charge in [0.15, 0.2) is 5.69 Å². The van der Waals surface area contributed by atoms with E-state index in [1.165, 1.54) is 0 Å². The molecule has 1 N–H and O–H groups in total. The van der Waals surface area contributed by atoms with E-state index in [9.17, 15) is 4.79 Å². The summed E-state index contributed by atoms with van der Waals surface area (Å²) in [6, 6.07) is 16.9. The molecule has 1 aromatic carbocycles.